The van der Waals surface area contributed by atoms with Crippen molar-refractivity contribution < 1.29 is 5.11 Å². The van der Waals surface area contributed by atoms with Crippen molar-refractivity contribution in [3.63, 3.8) is 0 Å². The summed E-state index contributed by atoms with van der Waals surface area (Å²) in [5.74, 6) is 0. The number of rotatable bonds is 4. The molecule has 0 aliphatic carbocycles. The average molecular weight is 323 g/mol. The van der Waals surface area contributed by atoms with Crippen LogP contribution in [-0.2, 0) is 6.54 Å². The molecule has 19 heavy (non-hydrogen) atoms. The van der Waals surface area contributed by atoms with Crippen LogP contribution < -0.4 is 0 Å². The predicted molar refractivity (Wildman–Crippen MR) is 80.2 cm³/mol. The molecule has 102 valence electrons. The minimum Gasteiger partial charge on any atom is -0.388 e. The molecular weight excluding hydrogens is 304 g/mol. The van der Waals surface area contributed by atoms with E-state index in [1.807, 2.05) is 37.6 Å². The Morgan fingerprint density at radius 3 is 2.74 bits per heavy atom. The Morgan fingerprint density at radius 2 is 2.11 bits per heavy atom. The molecule has 0 fully saturated rings. The summed E-state index contributed by atoms with van der Waals surface area (Å²) in [5, 5.41) is 14.6. The van der Waals surface area contributed by atoms with Gasteiger partial charge in [-0.05, 0) is 38.0 Å². The number of nitrogens with zero attached hydrogens (tertiary/aromatic N) is 2. The molecule has 2 rings (SSSR count). The molecule has 1 aromatic heterocycles. The second kappa shape index (κ2) is 5.88. The van der Waals surface area contributed by atoms with Gasteiger partial charge in [0.15, 0.2) is 0 Å². The number of aliphatic hydroxyl groups excluding tert-OH is 1. The Kier molecular flexibility index (Phi) is 4.42. The van der Waals surface area contributed by atoms with Gasteiger partial charge in [-0.1, -0.05) is 35.0 Å². The van der Waals surface area contributed by atoms with E-state index in [2.05, 4.69) is 33.2 Å². The molecule has 1 N–H and O–H groups in total. The molecular formula is C15H19BrN2O. The fourth-order valence-electron chi connectivity index (χ4n) is 2.36. The fourth-order valence-corrected chi connectivity index (χ4v) is 2.81. The third-order valence-electron chi connectivity index (χ3n) is 3.38. The molecule has 2 aromatic rings. The summed E-state index contributed by atoms with van der Waals surface area (Å²) in [6.45, 7) is 6.68. The largest absolute Gasteiger partial charge is 0.388 e. The van der Waals surface area contributed by atoms with E-state index in [1.54, 1.807) is 0 Å². The highest BCUT2D eigenvalue weighted by Gasteiger charge is 2.17. The summed E-state index contributed by atoms with van der Waals surface area (Å²) in [6, 6.07) is 8.20. The van der Waals surface area contributed by atoms with Gasteiger partial charge in [0.05, 0.1) is 18.3 Å². The van der Waals surface area contributed by atoms with E-state index < -0.39 is 6.10 Å². The van der Waals surface area contributed by atoms with Gasteiger partial charge in [0, 0.05) is 15.7 Å². The molecule has 0 amide bonds. The molecule has 1 unspecified atom stereocenters. The monoisotopic (exact) mass is 322 g/mol. The van der Waals surface area contributed by atoms with Crippen LogP contribution in [0.15, 0.2) is 28.7 Å². The van der Waals surface area contributed by atoms with E-state index in [4.69, 9.17) is 0 Å². The third kappa shape index (κ3) is 3.07. The summed E-state index contributed by atoms with van der Waals surface area (Å²) < 4.78 is 3.03. The van der Waals surface area contributed by atoms with Crippen LogP contribution in [0.2, 0.25) is 0 Å². The first-order valence-electron chi connectivity index (χ1n) is 6.49. The van der Waals surface area contributed by atoms with Gasteiger partial charge in [0.25, 0.3) is 0 Å². The lowest BCUT2D eigenvalue weighted by atomic mass is 10.1. The van der Waals surface area contributed by atoms with Crippen molar-refractivity contribution in [3.8, 4) is 0 Å². The van der Waals surface area contributed by atoms with Crippen LogP contribution >= 0.6 is 15.9 Å². The number of aliphatic hydroxyl groups is 1. The molecule has 1 atom stereocenters. The number of hydrogen-bond acceptors (Lipinski definition) is 2. The lowest BCUT2D eigenvalue weighted by Gasteiger charge is -2.09. The van der Waals surface area contributed by atoms with Crippen LogP contribution in [0.4, 0.5) is 0 Å². The Morgan fingerprint density at radius 1 is 1.37 bits per heavy atom. The number of hydrogen-bond donors (Lipinski definition) is 1. The molecule has 0 saturated carbocycles. The normalized spacial score (nSPS) is 12.7. The van der Waals surface area contributed by atoms with Gasteiger partial charge in [0.2, 0.25) is 0 Å². The number of benzene rings is 1. The van der Waals surface area contributed by atoms with Crippen LogP contribution in [0.5, 0.6) is 0 Å². The summed E-state index contributed by atoms with van der Waals surface area (Å²) in [6.07, 6.45) is 0.292. The maximum atomic E-state index is 10.1. The van der Waals surface area contributed by atoms with Crippen LogP contribution in [0, 0.1) is 13.8 Å². The average Bonchev–Trinajstić information content (AvgIpc) is 2.64. The predicted octanol–water partition coefficient (Wildman–Crippen LogP) is 3.75. The lowest BCUT2D eigenvalue weighted by molar-refractivity contribution is 0.172. The summed E-state index contributed by atoms with van der Waals surface area (Å²) in [5.41, 5.74) is 4.13. The molecule has 0 aliphatic rings. The second-order valence-corrected chi connectivity index (χ2v) is 5.71. The van der Waals surface area contributed by atoms with Gasteiger partial charge in [-0.25, -0.2) is 0 Å². The van der Waals surface area contributed by atoms with Gasteiger partial charge in [-0.15, -0.1) is 0 Å². The van der Waals surface area contributed by atoms with Gasteiger partial charge in [0.1, 0.15) is 0 Å². The SMILES string of the molecule is CCC(O)c1c(C)nn(Cc2cccc(Br)c2)c1C. The van der Waals surface area contributed by atoms with Crippen molar-refractivity contribution in [2.75, 3.05) is 0 Å². The molecule has 0 aliphatic heterocycles. The molecule has 1 heterocycles. The molecule has 1 aromatic carbocycles. The zero-order chi connectivity index (χ0) is 14.0. The summed E-state index contributed by atoms with van der Waals surface area (Å²) in [4.78, 5) is 0. The van der Waals surface area contributed by atoms with Crippen LogP contribution in [0.1, 0.15) is 42.0 Å². The zero-order valence-corrected chi connectivity index (χ0v) is 13.1. The van der Waals surface area contributed by atoms with E-state index in [0.717, 1.165) is 28.0 Å². The zero-order valence-electron chi connectivity index (χ0n) is 11.5. The van der Waals surface area contributed by atoms with Crippen molar-refractivity contribution in [2.45, 2.75) is 39.8 Å². The maximum absolute atomic E-state index is 10.1. The van der Waals surface area contributed by atoms with E-state index >= 15 is 0 Å². The molecule has 0 spiro atoms. The molecule has 0 saturated heterocycles. The standard InChI is InChI=1S/C15H19BrN2O/c1-4-14(19)15-10(2)17-18(11(15)3)9-12-6-5-7-13(16)8-12/h5-8,14,19H,4,9H2,1-3H3. The molecule has 4 heteroatoms. The Hall–Kier alpha value is -1.13. The van der Waals surface area contributed by atoms with Crippen molar-refractivity contribution in [2.24, 2.45) is 0 Å². The highest BCUT2D eigenvalue weighted by Crippen LogP contribution is 2.24. The van der Waals surface area contributed by atoms with Gasteiger partial charge >= 0.3 is 0 Å². The maximum Gasteiger partial charge on any atom is 0.0823 e. The third-order valence-corrected chi connectivity index (χ3v) is 3.87. The van der Waals surface area contributed by atoms with E-state index in [-0.39, 0.29) is 0 Å². The van der Waals surface area contributed by atoms with Crippen LogP contribution in [0.3, 0.4) is 0 Å². The van der Waals surface area contributed by atoms with Gasteiger partial charge in [-0.2, -0.15) is 5.10 Å². The number of halogens is 1. The quantitative estimate of drug-likeness (QED) is 0.930. The Bertz CT molecular complexity index is 578. The van der Waals surface area contributed by atoms with Crippen molar-refractivity contribution in [3.05, 3.63) is 51.3 Å². The van der Waals surface area contributed by atoms with Crippen LogP contribution in [-0.4, -0.2) is 14.9 Å². The van der Waals surface area contributed by atoms with Crippen LogP contribution in [0.25, 0.3) is 0 Å². The first-order chi connectivity index (χ1) is 9.02. The first-order valence-corrected chi connectivity index (χ1v) is 7.28. The topological polar surface area (TPSA) is 38.1 Å². The highest BCUT2D eigenvalue weighted by molar-refractivity contribution is 9.10. The molecule has 3 nitrogen and oxygen atoms in total. The van der Waals surface area contributed by atoms with Crippen molar-refractivity contribution >= 4 is 15.9 Å². The smallest absolute Gasteiger partial charge is 0.0823 e. The minimum absolute atomic E-state index is 0.420. The fraction of sp³-hybridized carbons (Fsp3) is 0.400. The van der Waals surface area contributed by atoms with E-state index in [9.17, 15) is 5.11 Å². The van der Waals surface area contributed by atoms with Gasteiger partial charge < -0.3 is 5.11 Å². The van der Waals surface area contributed by atoms with Gasteiger partial charge in [-0.3, -0.25) is 4.68 Å². The number of aromatic nitrogens is 2. The van der Waals surface area contributed by atoms with Crippen molar-refractivity contribution in [1.29, 1.82) is 0 Å². The van der Waals surface area contributed by atoms with E-state index in [1.165, 1.54) is 5.56 Å². The lowest BCUT2D eigenvalue weighted by Crippen LogP contribution is -2.05. The number of aryl methyl sites for hydroxylation is 1. The molecule has 0 bridgehead atoms. The van der Waals surface area contributed by atoms with Crippen molar-refractivity contribution in [1.82, 2.24) is 9.78 Å². The highest BCUT2D eigenvalue weighted by atomic mass is 79.9. The Labute approximate surface area is 122 Å². The minimum atomic E-state index is -0.420. The summed E-state index contributed by atoms with van der Waals surface area (Å²) >= 11 is 3.48. The Balaban J connectivity index is 2.32. The molecule has 0 radical (unpaired) electrons. The summed E-state index contributed by atoms with van der Waals surface area (Å²) in [7, 11) is 0. The second-order valence-electron chi connectivity index (χ2n) is 4.80. The van der Waals surface area contributed by atoms with E-state index in [0.29, 0.717) is 6.42 Å². The first kappa shape index (κ1) is 14.3.